The zero-order valence-corrected chi connectivity index (χ0v) is 18.9. The van der Waals surface area contributed by atoms with Crippen LogP contribution in [0, 0.1) is 0 Å². The molecule has 1 N–H and O–H groups in total. The molecular weight excluding hydrogens is 488 g/mol. The minimum absolute atomic E-state index is 0.0435. The lowest BCUT2D eigenvalue weighted by Gasteiger charge is -2.35. The van der Waals surface area contributed by atoms with E-state index in [1.54, 1.807) is 18.2 Å². The van der Waals surface area contributed by atoms with Crippen LogP contribution in [0.4, 0.5) is 0 Å². The Balaban J connectivity index is 1.90. The second-order valence-corrected chi connectivity index (χ2v) is 7.72. The maximum atomic E-state index is 11.9. The van der Waals surface area contributed by atoms with E-state index in [-0.39, 0.29) is 35.2 Å². The standard InChI is InChI=1S/C22H19BrO9/c1-10(24)29-9-15-18(11-4-6-13(25)14(8-11)27-2)32-22-20(28-3)17(23)12-5-7-16(26)31-19(12)21(22)30-15/h4-8,15,18,25H,9H2,1-3H3/t15-,18-/m1/s1. The molecule has 0 radical (unpaired) electrons. The van der Waals surface area contributed by atoms with Crippen LogP contribution in [-0.4, -0.2) is 38.0 Å². The lowest BCUT2D eigenvalue weighted by Crippen LogP contribution is -2.37. The number of ether oxygens (including phenoxy) is 5. The average Bonchev–Trinajstić information content (AvgIpc) is 2.78. The number of carbonyl (C=O) groups is 1. The Morgan fingerprint density at radius 2 is 1.91 bits per heavy atom. The Morgan fingerprint density at radius 3 is 2.59 bits per heavy atom. The van der Waals surface area contributed by atoms with Crippen molar-refractivity contribution in [3.05, 3.63) is 50.8 Å². The second-order valence-electron chi connectivity index (χ2n) is 6.93. The van der Waals surface area contributed by atoms with Crippen LogP contribution in [-0.2, 0) is 9.53 Å². The van der Waals surface area contributed by atoms with Gasteiger partial charge < -0.3 is 33.2 Å². The van der Waals surface area contributed by atoms with Gasteiger partial charge in [-0.25, -0.2) is 4.79 Å². The summed E-state index contributed by atoms with van der Waals surface area (Å²) >= 11 is 3.47. The Hall–Kier alpha value is -3.40. The Bertz CT molecular complexity index is 1250. The quantitative estimate of drug-likeness (QED) is 0.408. The molecule has 2 atom stereocenters. The first-order chi connectivity index (χ1) is 15.3. The monoisotopic (exact) mass is 506 g/mol. The van der Waals surface area contributed by atoms with Crippen molar-refractivity contribution in [2.24, 2.45) is 0 Å². The fourth-order valence-electron chi connectivity index (χ4n) is 3.47. The molecule has 0 saturated carbocycles. The lowest BCUT2D eigenvalue weighted by molar-refractivity contribution is -0.145. The molecule has 10 heteroatoms. The van der Waals surface area contributed by atoms with Gasteiger partial charge in [0.15, 0.2) is 35.0 Å². The van der Waals surface area contributed by atoms with Crippen molar-refractivity contribution < 1.29 is 38.0 Å². The third-order valence-corrected chi connectivity index (χ3v) is 5.71. The van der Waals surface area contributed by atoms with Crippen molar-refractivity contribution in [2.45, 2.75) is 19.1 Å². The summed E-state index contributed by atoms with van der Waals surface area (Å²) in [5, 5.41) is 10.5. The number of phenols is 1. The van der Waals surface area contributed by atoms with E-state index in [1.165, 1.54) is 33.3 Å². The van der Waals surface area contributed by atoms with Crippen LogP contribution in [0.5, 0.6) is 28.7 Å². The molecule has 2 aromatic carbocycles. The Morgan fingerprint density at radius 1 is 1.12 bits per heavy atom. The van der Waals surface area contributed by atoms with Crippen LogP contribution in [0.15, 0.2) is 44.0 Å². The fourth-order valence-corrected chi connectivity index (χ4v) is 4.13. The third kappa shape index (κ3) is 3.81. The van der Waals surface area contributed by atoms with Gasteiger partial charge in [-0.1, -0.05) is 6.07 Å². The molecule has 2 heterocycles. The molecule has 1 aromatic heterocycles. The van der Waals surface area contributed by atoms with Crippen LogP contribution in [0.1, 0.15) is 18.6 Å². The molecule has 168 valence electrons. The van der Waals surface area contributed by atoms with E-state index in [1.807, 2.05) is 0 Å². The van der Waals surface area contributed by atoms with Gasteiger partial charge >= 0.3 is 11.6 Å². The van der Waals surface area contributed by atoms with E-state index in [0.717, 1.165) is 0 Å². The van der Waals surface area contributed by atoms with Crippen LogP contribution in [0.25, 0.3) is 11.0 Å². The van der Waals surface area contributed by atoms with Crippen LogP contribution >= 0.6 is 15.9 Å². The predicted molar refractivity (Wildman–Crippen MR) is 116 cm³/mol. The first-order valence-electron chi connectivity index (χ1n) is 9.51. The smallest absolute Gasteiger partial charge is 0.336 e. The molecule has 0 fully saturated rings. The van der Waals surface area contributed by atoms with Gasteiger partial charge in [-0.05, 0) is 34.1 Å². The number of esters is 1. The molecule has 0 bridgehead atoms. The first kappa shape index (κ1) is 21.8. The number of carbonyl (C=O) groups excluding carboxylic acids is 1. The minimum Gasteiger partial charge on any atom is -0.504 e. The van der Waals surface area contributed by atoms with Gasteiger partial charge in [0, 0.05) is 23.9 Å². The van der Waals surface area contributed by atoms with Gasteiger partial charge in [-0.15, -0.1) is 0 Å². The number of rotatable bonds is 5. The Labute approximate surface area is 190 Å². The van der Waals surface area contributed by atoms with Crippen LogP contribution < -0.4 is 24.6 Å². The SMILES string of the molecule is COc1cc([C@H]2Oc3c(OC)c(Br)c4ccc(=O)oc4c3O[C@@H]2COC(C)=O)ccc1O. The molecule has 4 rings (SSSR count). The van der Waals surface area contributed by atoms with Crippen molar-refractivity contribution in [1.29, 1.82) is 0 Å². The first-order valence-corrected chi connectivity index (χ1v) is 10.3. The number of hydrogen-bond donors (Lipinski definition) is 1. The summed E-state index contributed by atoms with van der Waals surface area (Å²) in [5.74, 6) is 0.391. The van der Waals surface area contributed by atoms with Crippen molar-refractivity contribution in [1.82, 2.24) is 0 Å². The molecule has 0 saturated heterocycles. The summed E-state index contributed by atoms with van der Waals surface area (Å²) in [4.78, 5) is 23.4. The third-order valence-electron chi connectivity index (χ3n) is 4.93. The molecule has 0 unspecified atom stereocenters. The molecular formula is C22H19BrO9. The number of aromatic hydroxyl groups is 1. The van der Waals surface area contributed by atoms with Crippen molar-refractivity contribution in [2.75, 3.05) is 20.8 Å². The summed E-state index contributed by atoms with van der Waals surface area (Å²) < 4.78 is 34.3. The van der Waals surface area contributed by atoms with Crippen molar-refractivity contribution >= 4 is 32.9 Å². The summed E-state index contributed by atoms with van der Waals surface area (Å²) in [6.07, 6.45) is -1.58. The van der Waals surface area contributed by atoms with E-state index in [9.17, 15) is 14.7 Å². The van der Waals surface area contributed by atoms with Gasteiger partial charge in [0.1, 0.15) is 6.61 Å². The average molecular weight is 507 g/mol. The van der Waals surface area contributed by atoms with E-state index in [4.69, 9.17) is 28.1 Å². The maximum absolute atomic E-state index is 11.9. The minimum atomic E-state index is -0.805. The predicted octanol–water partition coefficient (Wildman–Crippen LogP) is 3.72. The zero-order chi connectivity index (χ0) is 23.0. The van der Waals surface area contributed by atoms with Crippen LogP contribution in [0.2, 0.25) is 0 Å². The van der Waals surface area contributed by atoms with Gasteiger partial charge in [-0.2, -0.15) is 0 Å². The highest BCUT2D eigenvalue weighted by atomic mass is 79.9. The van der Waals surface area contributed by atoms with Gasteiger partial charge in [0.2, 0.25) is 11.5 Å². The molecule has 9 nitrogen and oxygen atoms in total. The van der Waals surface area contributed by atoms with Crippen molar-refractivity contribution in [3.63, 3.8) is 0 Å². The lowest BCUT2D eigenvalue weighted by atomic mass is 10.0. The molecule has 0 spiro atoms. The largest absolute Gasteiger partial charge is 0.504 e. The number of halogens is 1. The molecule has 32 heavy (non-hydrogen) atoms. The number of benzene rings is 2. The molecule has 3 aromatic rings. The van der Waals surface area contributed by atoms with E-state index in [0.29, 0.717) is 21.2 Å². The highest BCUT2D eigenvalue weighted by molar-refractivity contribution is 9.10. The van der Waals surface area contributed by atoms with E-state index < -0.39 is 23.8 Å². The molecule has 1 aliphatic heterocycles. The maximum Gasteiger partial charge on any atom is 0.336 e. The fraction of sp³-hybridized carbons (Fsp3) is 0.273. The highest BCUT2D eigenvalue weighted by Gasteiger charge is 2.39. The second kappa shape index (κ2) is 8.62. The topological polar surface area (TPSA) is 114 Å². The number of hydrogen-bond acceptors (Lipinski definition) is 9. The highest BCUT2D eigenvalue weighted by Crippen LogP contribution is 2.53. The van der Waals surface area contributed by atoms with Gasteiger partial charge in [0.25, 0.3) is 0 Å². The van der Waals surface area contributed by atoms with E-state index >= 15 is 0 Å². The van der Waals surface area contributed by atoms with Crippen molar-refractivity contribution in [3.8, 4) is 28.7 Å². The molecule has 0 amide bonds. The Kier molecular flexibility index (Phi) is 5.88. The molecule has 1 aliphatic rings. The zero-order valence-electron chi connectivity index (χ0n) is 17.3. The summed E-state index contributed by atoms with van der Waals surface area (Å²) in [6, 6.07) is 7.56. The van der Waals surface area contributed by atoms with Gasteiger partial charge in [-0.3, -0.25) is 4.79 Å². The van der Waals surface area contributed by atoms with Crippen LogP contribution in [0.3, 0.4) is 0 Å². The molecule has 0 aliphatic carbocycles. The number of phenolic OH excluding ortho intramolecular Hbond substituents is 1. The number of fused-ring (bicyclic) bond motifs is 3. The number of methoxy groups -OCH3 is 2. The summed E-state index contributed by atoms with van der Waals surface area (Å²) in [7, 11) is 2.90. The van der Waals surface area contributed by atoms with Gasteiger partial charge in [0.05, 0.1) is 18.7 Å². The summed E-state index contributed by atoms with van der Waals surface area (Å²) in [5.41, 5.74) is 0.187. The summed E-state index contributed by atoms with van der Waals surface area (Å²) in [6.45, 7) is 1.14. The normalized spacial score (nSPS) is 17.1. The van der Waals surface area contributed by atoms with E-state index in [2.05, 4.69) is 15.9 Å².